The van der Waals surface area contributed by atoms with Crippen LogP contribution in [0.1, 0.15) is 57.7 Å². The van der Waals surface area contributed by atoms with Crippen LogP contribution < -0.4 is 10.5 Å². The van der Waals surface area contributed by atoms with E-state index in [-0.39, 0.29) is 19.6 Å². The molecule has 0 saturated heterocycles. The van der Waals surface area contributed by atoms with Crippen LogP contribution in [0.2, 0.25) is 0 Å². The first-order valence-electron chi connectivity index (χ1n) is 9.17. The summed E-state index contributed by atoms with van der Waals surface area (Å²) in [6.45, 7) is 1.98. The van der Waals surface area contributed by atoms with E-state index >= 15 is 0 Å². The van der Waals surface area contributed by atoms with E-state index in [1.54, 1.807) is 0 Å². The minimum Gasteiger partial charge on any atom is -0.484 e. The third-order valence-corrected chi connectivity index (χ3v) is 5.11. The van der Waals surface area contributed by atoms with E-state index in [2.05, 4.69) is 34.0 Å². The molecule has 0 unspecified atom stereocenters. The quantitative estimate of drug-likeness (QED) is 0.682. The molecule has 4 heteroatoms. The van der Waals surface area contributed by atoms with E-state index in [0.29, 0.717) is 6.04 Å². The topological polar surface area (TPSA) is 53.1 Å². The second-order valence-electron chi connectivity index (χ2n) is 7.06. The summed E-state index contributed by atoms with van der Waals surface area (Å²) in [7, 11) is 0. The zero-order valence-corrected chi connectivity index (χ0v) is 14.6. The molecule has 4 rings (SSSR count). The van der Waals surface area contributed by atoms with Crippen LogP contribution in [-0.2, 0) is 0 Å². The SMILES string of the molecule is C.C[C@H](N)[C@H](Oc1ccc2c(cnn2C2CCCC2)c1)c1ccccc1. The molecule has 2 aromatic carbocycles. The lowest BCUT2D eigenvalue weighted by Crippen LogP contribution is -2.29. The Balaban J connectivity index is 0.00000196. The van der Waals surface area contributed by atoms with Crippen LogP contribution in [0.4, 0.5) is 0 Å². The van der Waals surface area contributed by atoms with Crippen molar-refractivity contribution in [3.63, 3.8) is 0 Å². The van der Waals surface area contributed by atoms with Gasteiger partial charge in [-0.2, -0.15) is 5.10 Å². The fourth-order valence-corrected chi connectivity index (χ4v) is 3.81. The summed E-state index contributed by atoms with van der Waals surface area (Å²) >= 11 is 0. The van der Waals surface area contributed by atoms with Crippen LogP contribution in [0, 0.1) is 0 Å². The maximum absolute atomic E-state index is 6.24. The van der Waals surface area contributed by atoms with Gasteiger partial charge in [-0.15, -0.1) is 0 Å². The first kappa shape index (κ1) is 18.5. The first-order valence-corrected chi connectivity index (χ1v) is 9.17. The molecule has 0 amide bonds. The Labute approximate surface area is 156 Å². The van der Waals surface area contributed by atoms with Gasteiger partial charge in [-0.3, -0.25) is 4.68 Å². The van der Waals surface area contributed by atoms with Crippen molar-refractivity contribution >= 4 is 10.9 Å². The maximum atomic E-state index is 6.24. The fraction of sp³-hybridized carbons (Fsp3) is 0.409. The van der Waals surface area contributed by atoms with E-state index < -0.39 is 0 Å². The molecule has 2 N–H and O–H groups in total. The summed E-state index contributed by atoms with van der Waals surface area (Å²) in [5.41, 5.74) is 8.46. The third-order valence-electron chi connectivity index (χ3n) is 5.11. The molecule has 26 heavy (non-hydrogen) atoms. The molecule has 1 aliphatic carbocycles. The number of nitrogens with two attached hydrogens (primary N) is 1. The van der Waals surface area contributed by atoms with Gasteiger partial charge in [0.15, 0.2) is 0 Å². The van der Waals surface area contributed by atoms with Crippen molar-refractivity contribution in [3.8, 4) is 5.75 Å². The zero-order chi connectivity index (χ0) is 17.2. The van der Waals surface area contributed by atoms with Crippen molar-refractivity contribution in [3.05, 3.63) is 60.3 Å². The summed E-state index contributed by atoms with van der Waals surface area (Å²) < 4.78 is 8.43. The highest BCUT2D eigenvalue weighted by atomic mass is 16.5. The summed E-state index contributed by atoms with van der Waals surface area (Å²) in [5.74, 6) is 0.838. The molecule has 4 nitrogen and oxygen atoms in total. The zero-order valence-electron chi connectivity index (χ0n) is 14.6. The van der Waals surface area contributed by atoms with Gasteiger partial charge in [0.2, 0.25) is 0 Å². The number of nitrogens with zero attached hydrogens (tertiary/aromatic N) is 2. The Hall–Kier alpha value is -2.33. The molecule has 1 aliphatic rings. The maximum Gasteiger partial charge on any atom is 0.138 e. The van der Waals surface area contributed by atoms with Crippen LogP contribution in [0.3, 0.4) is 0 Å². The summed E-state index contributed by atoms with van der Waals surface area (Å²) in [4.78, 5) is 0. The highest BCUT2D eigenvalue weighted by molar-refractivity contribution is 5.80. The van der Waals surface area contributed by atoms with E-state index in [1.165, 1.54) is 31.2 Å². The standard InChI is InChI=1S/C21H25N3O.CH4/c1-15(22)21(16-7-3-2-4-8-16)25-19-11-12-20-17(13-19)14-23-24(20)18-9-5-6-10-18;/h2-4,7-8,11-15,18,21H,5-6,9-10,22H2,1H3;1H4/t15-,21-;/m0./s1. The Morgan fingerprint density at radius 1 is 1.12 bits per heavy atom. The van der Waals surface area contributed by atoms with Crippen molar-refractivity contribution in [2.75, 3.05) is 0 Å². The predicted molar refractivity (Wildman–Crippen MR) is 107 cm³/mol. The van der Waals surface area contributed by atoms with Crippen molar-refractivity contribution in [2.24, 2.45) is 5.73 Å². The van der Waals surface area contributed by atoms with Crippen molar-refractivity contribution < 1.29 is 4.74 Å². The van der Waals surface area contributed by atoms with Crippen molar-refractivity contribution in [2.45, 2.75) is 58.2 Å². The van der Waals surface area contributed by atoms with Crippen LogP contribution >= 0.6 is 0 Å². The third kappa shape index (κ3) is 3.61. The van der Waals surface area contributed by atoms with Gasteiger partial charge < -0.3 is 10.5 Å². The second-order valence-corrected chi connectivity index (χ2v) is 7.06. The molecule has 0 bridgehead atoms. The first-order chi connectivity index (χ1) is 12.2. The minimum atomic E-state index is -0.163. The van der Waals surface area contributed by atoms with Gasteiger partial charge in [-0.25, -0.2) is 0 Å². The Morgan fingerprint density at radius 2 is 1.85 bits per heavy atom. The van der Waals surface area contributed by atoms with Gasteiger partial charge in [0.1, 0.15) is 11.9 Å². The molecule has 3 aromatic rings. The summed E-state index contributed by atoms with van der Waals surface area (Å²) in [6.07, 6.45) is 6.86. The van der Waals surface area contributed by atoms with Crippen LogP contribution in [-0.4, -0.2) is 15.8 Å². The summed E-state index contributed by atoms with van der Waals surface area (Å²) in [6, 6.07) is 16.8. The molecule has 0 spiro atoms. The Kier molecular flexibility index (Phi) is 5.62. The number of benzene rings is 2. The lowest BCUT2D eigenvalue weighted by Gasteiger charge is -2.23. The molecular formula is C22H29N3O. The number of hydrogen-bond donors (Lipinski definition) is 1. The van der Waals surface area contributed by atoms with Crippen molar-refractivity contribution in [1.29, 1.82) is 0 Å². The molecule has 0 radical (unpaired) electrons. The molecule has 1 saturated carbocycles. The van der Waals surface area contributed by atoms with E-state index in [4.69, 9.17) is 10.5 Å². The molecule has 1 aromatic heterocycles. The monoisotopic (exact) mass is 351 g/mol. The highest BCUT2D eigenvalue weighted by Gasteiger charge is 2.21. The molecule has 138 valence electrons. The fourth-order valence-electron chi connectivity index (χ4n) is 3.81. The number of aromatic nitrogens is 2. The van der Waals surface area contributed by atoms with Crippen LogP contribution in [0.25, 0.3) is 10.9 Å². The lowest BCUT2D eigenvalue weighted by molar-refractivity contribution is 0.180. The summed E-state index contributed by atoms with van der Waals surface area (Å²) in [5, 5.41) is 5.75. The van der Waals surface area contributed by atoms with Gasteiger partial charge in [-0.05, 0) is 43.5 Å². The predicted octanol–water partition coefficient (Wildman–Crippen LogP) is 5.25. The van der Waals surface area contributed by atoms with Gasteiger partial charge in [0.05, 0.1) is 17.8 Å². The normalized spacial score (nSPS) is 17.0. The number of rotatable bonds is 5. The van der Waals surface area contributed by atoms with Gasteiger partial charge >= 0.3 is 0 Å². The number of hydrogen-bond acceptors (Lipinski definition) is 3. The minimum absolute atomic E-state index is 0. The molecule has 2 atom stereocenters. The average molecular weight is 351 g/mol. The average Bonchev–Trinajstić information content (AvgIpc) is 3.29. The Morgan fingerprint density at radius 3 is 2.54 bits per heavy atom. The van der Waals surface area contributed by atoms with Crippen LogP contribution in [0.15, 0.2) is 54.7 Å². The van der Waals surface area contributed by atoms with Gasteiger partial charge in [0, 0.05) is 11.4 Å². The number of ether oxygens (including phenoxy) is 1. The van der Waals surface area contributed by atoms with Gasteiger partial charge in [-0.1, -0.05) is 50.6 Å². The van der Waals surface area contributed by atoms with Crippen molar-refractivity contribution in [1.82, 2.24) is 9.78 Å². The van der Waals surface area contributed by atoms with E-state index in [0.717, 1.165) is 16.7 Å². The van der Waals surface area contributed by atoms with E-state index in [1.807, 2.05) is 37.4 Å². The second kappa shape index (κ2) is 7.92. The Bertz CT molecular complexity index is 835. The molecule has 1 fully saturated rings. The molecule has 1 heterocycles. The smallest absolute Gasteiger partial charge is 0.138 e. The lowest BCUT2D eigenvalue weighted by atomic mass is 10.0. The highest BCUT2D eigenvalue weighted by Crippen LogP contribution is 2.33. The molecular weight excluding hydrogens is 322 g/mol. The largest absolute Gasteiger partial charge is 0.484 e. The van der Waals surface area contributed by atoms with Gasteiger partial charge in [0.25, 0.3) is 0 Å². The van der Waals surface area contributed by atoms with E-state index in [9.17, 15) is 0 Å². The molecule has 0 aliphatic heterocycles. The number of fused-ring (bicyclic) bond motifs is 1. The van der Waals surface area contributed by atoms with Crippen LogP contribution in [0.5, 0.6) is 5.75 Å².